The monoisotopic (exact) mass is 428 g/mol. The van der Waals surface area contributed by atoms with E-state index in [1.165, 1.54) is 23.1 Å². The van der Waals surface area contributed by atoms with E-state index in [4.69, 9.17) is 0 Å². The summed E-state index contributed by atoms with van der Waals surface area (Å²) < 4.78 is 14.1. The number of amides is 3. The molecule has 1 aliphatic heterocycles. The molecule has 158 valence electrons. The second kappa shape index (κ2) is 8.30. The van der Waals surface area contributed by atoms with Crippen LogP contribution in [0, 0.1) is 5.82 Å². The first-order valence-corrected chi connectivity index (χ1v) is 11.2. The molecule has 0 N–H and O–H groups in total. The first-order chi connectivity index (χ1) is 14.4. The van der Waals surface area contributed by atoms with E-state index in [0.717, 1.165) is 30.6 Å². The van der Waals surface area contributed by atoms with Crippen molar-refractivity contribution in [2.24, 2.45) is 0 Å². The highest BCUT2D eigenvalue weighted by Gasteiger charge is 2.55. The fourth-order valence-electron chi connectivity index (χ4n) is 4.66. The summed E-state index contributed by atoms with van der Waals surface area (Å²) in [5, 5.41) is 1.94. The van der Waals surface area contributed by atoms with Crippen LogP contribution in [0.1, 0.15) is 49.0 Å². The largest absolute Gasteiger partial charge is 0.341 e. The van der Waals surface area contributed by atoms with Gasteiger partial charge in [-0.15, -0.1) is 11.3 Å². The summed E-state index contributed by atoms with van der Waals surface area (Å²) in [4.78, 5) is 43.7. The van der Waals surface area contributed by atoms with Crippen LogP contribution in [0.15, 0.2) is 41.8 Å². The molecule has 5 nitrogen and oxygen atoms in total. The molecule has 0 radical (unpaired) electrons. The number of thiophene rings is 1. The third-order valence-electron chi connectivity index (χ3n) is 6.27. The lowest BCUT2D eigenvalue weighted by molar-refractivity contribution is -0.144. The highest BCUT2D eigenvalue weighted by atomic mass is 32.1. The molecule has 0 unspecified atom stereocenters. The minimum absolute atomic E-state index is 0.0929. The maximum Gasteiger partial charge on any atom is 0.241 e. The van der Waals surface area contributed by atoms with Gasteiger partial charge in [0.05, 0.1) is 12.0 Å². The number of hydrogen-bond acceptors (Lipinski definition) is 4. The van der Waals surface area contributed by atoms with Crippen LogP contribution < -0.4 is 0 Å². The van der Waals surface area contributed by atoms with Crippen molar-refractivity contribution in [2.75, 3.05) is 7.05 Å². The number of benzene rings is 1. The van der Waals surface area contributed by atoms with Gasteiger partial charge in [-0.3, -0.25) is 19.3 Å². The number of nitrogens with zero attached hydrogens (tertiary/aromatic N) is 2. The zero-order chi connectivity index (χ0) is 21.3. The smallest absolute Gasteiger partial charge is 0.241 e. The van der Waals surface area contributed by atoms with Crippen molar-refractivity contribution in [3.63, 3.8) is 0 Å². The summed E-state index contributed by atoms with van der Waals surface area (Å²) in [6, 6.07) is 9.53. The van der Waals surface area contributed by atoms with Crippen LogP contribution in [-0.4, -0.2) is 40.6 Å². The summed E-state index contributed by atoms with van der Waals surface area (Å²) in [6.45, 7) is 0.435. The highest BCUT2D eigenvalue weighted by Crippen LogP contribution is 2.43. The van der Waals surface area contributed by atoms with Gasteiger partial charge in [0, 0.05) is 30.8 Å². The number of carbonyl (C=O) groups excluding carboxylic acids is 3. The summed E-state index contributed by atoms with van der Waals surface area (Å²) in [5.41, 5.74) is -0.943. The van der Waals surface area contributed by atoms with Crippen molar-refractivity contribution in [1.82, 2.24) is 9.80 Å². The Morgan fingerprint density at radius 1 is 1.23 bits per heavy atom. The molecule has 1 atom stereocenters. The van der Waals surface area contributed by atoms with E-state index in [2.05, 4.69) is 0 Å². The van der Waals surface area contributed by atoms with Gasteiger partial charge < -0.3 is 4.90 Å². The summed E-state index contributed by atoms with van der Waals surface area (Å²) in [5.74, 6) is -1.33. The van der Waals surface area contributed by atoms with Gasteiger partial charge in [0.1, 0.15) is 5.82 Å². The normalized spacial score (nSPS) is 22.1. The lowest BCUT2D eigenvalue weighted by Gasteiger charge is -2.30. The predicted molar refractivity (Wildman–Crippen MR) is 112 cm³/mol. The Kier molecular flexibility index (Phi) is 5.73. The zero-order valence-electron chi connectivity index (χ0n) is 17.0. The van der Waals surface area contributed by atoms with Crippen LogP contribution in [0.5, 0.6) is 0 Å². The zero-order valence-corrected chi connectivity index (χ0v) is 17.8. The van der Waals surface area contributed by atoms with Gasteiger partial charge in [0.2, 0.25) is 17.7 Å². The minimum Gasteiger partial charge on any atom is -0.341 e. The summed E-state index contributed by atoms with van der Waals surface area (Å²) in [6.07, 6.45) is 3.32. The van der Waals surface area contributed by atoms with Crippen molar-refractivity contribution in [2.45, 2.75) is 56.5 Å². The molecule has 2 aliphatic rings. The van der Waals surface area contributed by atoms with E-state index < -0.39 is 11.2 Å². The van der Waals surface area contributed by atoms with E-state index in [9.17, 15) is 18.8 Å². The second-order valence-corrected chi connectivity index (χ2v) is 9.31. The molecule has 30 heavy (non-hydrogen) atoms. The molecular weight excluding hydrogens is 403 g/mol. The molecule has 1 aliphatic carbocycles. The van der Waals surface area contributed by atoms with E-state index >= 15 is 0 Å². The molecule has 1 aromatic carbocycles. The molecular formula is C23H25FN2O3S. The third kappa shape index (κ3) is 3.78. The van der Waals surface area contributed by atoms with Crippen LogP contribution in [0.3, 0.4) is 0 Å². The van der Waals surface area contributed by atoms with Crippen molar-refractivity contribution < 1.29 is 18.8 Å². The number of hydrogen-bond donors (Lipinski definition) is 0. The molecule has 3 amide bonds. The molecule has 2 fully saturated rings. The first kappa shape index (κ1) is 20.7. The van der Waals surface area contributed by atoms with Gasteiger partial charge in [-0.05, 0) is 42.0 Å². The third-order valence-corrected chi connectivity index (χ3v) is 7.13. The lowest BCUT2D eigenvalue weighted by Crippen LogP contribution is -2.45. The first-order valence-electron chi connectivity index (χ1n) is 10.3. The molecule has 2 heterocycles. The molecule has 1 saturated heterocycles. The standard InChI is InChI=1S/C23H25FN2O3S/c1-25(15-19-10-5-11-30-19)20(27)13-23(16-6-4-7-17(24)12-16)14-21(28)26(22(23)29)18-8-2-3-9-18/h4-7,10-12,18H,2-3,8-9,13-15H2,1H3/t23-/m0/s1. The average molecular weight is 429 g/mol. The maximum atomic E-state index is 14.1. The molecule has 1 saturated carbocycles. The average Bonchev–Trinajstić information content (AvgIpc) is 3.45. The van der Waals surface area contributed by atoms with Crippen molar-refractivity contribution >= 4 is 29.1 Å². The van der Waals surface area contributed by atoms with Crippen molar-refractivity contribution in [3.8, 4) is 0 Å². The van der Waals surface area contributed by atoms with E-state index in [1.54, 1.807) is 29.4 Å². The van der Waals surface area contributed by atoms with Gasteiger partial charge in [0.15, 0.2) is 0 Å². The Bertz CT molecular complexity index is 955. The van der Waals surface area contributed by atoms with Gasteiger partial charge in [0.25, 0.3) is 0 Å². The fraction of sp³-hybridized carbons (Fsp3) is 0.435. The number of halogens is 1. The highest BCUT2D eigenvalue weighted by molar-refractivity contribution is 7.09. The number of rotatable bonds is 6. The van der Waals surface area contributed by atoms with Crippen LogP contribution in [0.25, 0.3) is 0 Å². The fourth-order valence-corrected chi connectivity index (χ4v) is 5.42. The molecule has 1 aromatic heterocycles. The van der Waals surface area contributed by atoms with Crippen LogP contribution >= 0.6 is 11.3 Å². The number of likely N-dealkylation sites (tertiary alicyclic amines) is 1. The van der Waals surface area contributed by atoms with Crippen LogP contribution in [-0.2, 0) is 26.3 Å². The van der Waals surface area contributed by atoms with Gasteiger partial charge in [-0.25, -0.2) is 4.39 Å². The SMILES string of the molecule is CN(Cc1cccs1)C(=O)C[C@@]1(c2cccc(F)c2)CC(=O)N(C2CCCC2)C1=O. The lowest BCUT2D eigenvalue weighted by atomic mass is 9.75. The Balaban J connectivity index is 1.65. The summed E-state index contributed by atoms with van der Waals surface area (Å²) in [7, 11) is 1.69. The summed E-state index contributed by atoms with van der Waals surface area (Å²) >= 11 is 1.55. The van der Waals surface area contributed by atoms with E-state index in [0.29, 0.717) is 12.1 Å². The van der Waals surface area contributed by atoms with Crippen molar-refractivity contribution in [1.29, 1.82) is 0 Å². The Morgan fingerprint density at radius 3 is 2.67 bits per heavy atom. The maximum absolute atomic E-state index is 14.1. The Hall–Kier alpha value is -2.54. The van der Waals surface area contributed by atoms with Crippen molar-refractivity contribution in [3.05, 3.63) is 58.0 Å². The topological polar surface area (TPSA) is 57.7 Å². The van der Waals surface area contributed by atoms with Gasteiger partial charge >= 0.3 is 0 Å². The second-order valence-electron chi connectivity index (χ2n) is 8.28. The quantitative estimate of drug-likeness (QED) is 0.656. The molecule has 2 aromatic rings. The van der Waals surface area contributed by atoms with Gasteiger partial charge in [-0.1, -0.05) is 31.0 Å². The molecule has 0 bridgehead atoms. The Labute approximate surface area is 179 Å². The predicted octanol–water partition coefficient (Wildman–Crippen LogP) is 3.88. The Morgan fingerprint density at radius 2 is 2.00 bits per heavy atom. The van der Waals surface area contributed by atoms with E-state index in [1.807, 2.05) is 17.5 Å². The number of imide groups is 1. The molecule has 0 spiro atoms. The molecule has 7 heteroatoms. The van der Waals surface area contributed by atoms with Gasteiger partial charge in [-0.2, -0.15) is 0 Å². The van der Waals surface area contributed by atoms with Crippen LogP contribution in [0.4, 0.5) is 4.39 Å². The number of carbonyl (C=O) groups is 3. The molecule has 4 rings (SSSR count). The van der Waals surface area contributed by atoms with Crippen LogP contribution in [0.2, 0.25) is 0 Å². The minimum atomic E-state index is -1.34. The van der Waals surface area contributed by atoms with E-state index in [-0.39, 0.29) is 36.6 Å².